The van der Waals surface area contributed by atoms with E-state index in [0.29, 0.717) is 24.2 Å². The summed E-state index contributed by atoms with van der Waals surface area (Å²) in [6.45, 7) is 1.93. The molecular weight excluding hydrogens is 562 g/mol. The van der Waals surface area contributed by atoms with Crippen LogP contribution in [0.5, 0.6) is 11.5 Å². The molecule has 7 nitrogen and oxygen atoms in total. The minimum atomic E-state index is -0.970. The van der Waals surface area contributed by atoms with Gasteiger partial charge in [0.2, 0.25) is 0 Å². The van der Waals surface area contributed by atoms with Crippen molar-refractivity contribution in [3.05, 3.63) is 83.4 Å². The molecule has 3 fully saturated rings. The van der Waals surface area contributed by atoms with Crippen molar-refractivity contribution < 1.29 is 19.7 Å². The van der Waals surface area contributed by atoms with Crippen molar-refractivity contribution in [3.8, 4) is 22.8 Å². The van der Waals surface area contributed by atoms with Gasteiger partial charge in [0.1, 0.15) is 6.10 Å². The lowest BCUT2D eigenvalue weighted by Crippen LogP contribution is -2.78. The van der Waals surface area contributed by atoms with Gasteiger partial charge in [-0.05, 0) is 80.3 Å². The maximum absolute atomic E-state index is 14.0. The van der Waals surface area contributed by atoms with E-state index >= 15 is 0 Å². The fraction of sp³-hybridized carbons (Fsp3) is 0.400. The number of phenols is 1. The number of piperidine rings is 1. The Morgan fingerprint density at radius 3 is 2.70 bits per heavy atom. The van der Waals surface area contributed by atoms with Crippen LogP contribution in [0, 0.1) is 5.92 Å². The summed E-state index contributed by atoms with van der Waals surface area (Å²) in [7, 11) is 0. The predicted octanol–water partition coefficient (Wildman–Crippen LogP) is 5.33. The lowest BCUT2D eigenvalue weighted by atomic mass is 9.48. The molecule has 1 amide bonds. The number of nitrogens with zero attached hydrogens (tertiary/aromatic N) is 1. The number of carbonyl (C=O) groups excluding carboxylic acids is 1. The smallest absolute Gasteiger partial charge is 0.253 e. The molecule has 3 heterocycles. The molecule has 8 heteroatoms. The largest absolute Gasteiger partial charge is 0.504 e. The van der Waals surface area contributed by atoms with Gasteiger partial charge >= 0.3 is 0 Å². The van der Waals surface area contributed by atoms with Crippen molar-refractivity contribution in [1.82, 2.24) is 15.2 Å². The quantitative estimate of drug-likeness (QED) is 0.249. The normalized spacial score (nSPS) is 30.3. The first-order valence-corrected chi connectivity index (χ1v) is 15.4. The Morgan fingerprint density at radius 2 is 1.88 bits per heavy atom. The van der Waals surface area contributed by atoms with E-state index in [-0.39, 0.29) is 36.1 Å². The Hall–Kier alpha value is -3.52. The van der Waals surface area contributed by atoms with E-state index in [4.69, 9.17) is 4.74 Å². The molecule has 0 radical (unpaired) electrons. The molecule has 4 aromatic rings. The molecule has 1 spiro atoms. The van der Waals surface area contributed by atoms with Crippen LogP contribution in [0.1, 0.15) is 53.6 Å². The summed E-state index contributed by atoms with van der Waals surface area (Å²) < 4.78 is 6.65. The molecule has 1 saturated heterocycles. The average molecular weight is 598 g/mol. The molecule has 3 aliphatic carbocycles. The minimum Gasteiger partial charge on any atom is -0.504 e. The van der Waals surface area contributed by atoms with Crippen molar-refractivity contribution in [2.75, 3.05) is 13.1 Å². The maximum atomic E-state index is 14.0. The van der Waals surface area contributed by atoms with Gasteiger partial charge < -0.3 is 25.3 Å². The summed E-state index contributed by atoms with van der Waals surface area (Å²) in [4.78, 5) is 20.0. The number of aromatic hydroxyl groups is 1. The molecule has 222 valence electrons. The minimum absolute atomic E-state index is 0. The number of H-pyrrole nitrogens is 1. The Morgan fingerprint density at radius 1 is 1.05 bits per heavy atom. The van der Waals surface area contributed by atoms with Crippen LogP contribution in [-0.4, -0.2) is 62.9 Å². The molecule has 9 rings (SSSR count). The fourth-order valence-electron chi connectivity index (χ4n) is 8.99. The monoisotopic (exact) mass is 597 g/mol. The van der Waals surface area contributed by atoms with Crippen molar-refractivity contribution in [1.29, 1.82) is 0 Å². The van der Waals surface area contributed by atoms with Crippen molar-refractivity contribution >= 4 is 29.2 Å². The molecule has 3 aromatic carbocycles. The number of fused-ring (bicyclic) bond motifs is 1. The first kappa shape index (κ1) is 27.1. The number of nitrogens with one attached hydrogen (secondary N) is 2. The van der Waals surface area contributed by atoms with Crippen LogP contribution in [0.15, 0.2) is 66.7 Å². The van der Waals surface area contributed by atoms with Gasteiger partial charge in [0, 0.05) is 29.2 Å². The summed E-state index contributed by atoms with van der Waals surface area (Å²) in [5.74, 6) is 1.21. The highest BCUT2D eigenvalue weighted by molar-refractivity contribution is 6.07. The van der Waals surface area contributed by atoms with E-state index < -0.39 is 17.1 Å². The number of halogens is 1. The number of aromatic amines is 1. The molecule has 2 aliphatic heterocycles. The molecule has 1 aromatic heterocycles. The first-order valence-electron chi connectivity index (χ1n) is 15.4. The number of para-hydroxylation sites is 1. The second-order valence-electron chi connectivity index (χ2n) is 13.2. The summed E-state index contributed by atoms with van der Waals surface area (Å²) in [5, 5.41) is 28.0. The van der Waals surface area contributed by atoms with Crippen LogP contribution in [0.2, 0.25) is 0 Å². The van der Waals surface area contributed by atoms with E-state index in [0.717, 1.165) is 65.1 Å². The van der Waals surface area contributed by atoms with E-state index in [1.165, 1.54) is 12.8 Å². The van der Waals surface area contributed by atoms with Gasteiger partial charge in [-0.25, -0.2) is 0 Å². The highest BCUT2D eigenvalue weighted by atomic mass is 35.5. The number of benzene rings is 3. The number of carbonyl (C=O) groups is 1. The molecule has 5 atom stereocenters. The lowest BCUT2D eigenvalue weighted by molar-refractivity contribution is -0.191. The zero-order valence-corrected chi connectivity index (χ0v) is 24.7. The second-order valence-corrected chi connectivity index (χ2v) is 13.2. The highest BCUT2D eigenvalue weighted by Crippen LogP contribution is 2.65. The molecule has 2 saturated carbocycles. The summed E-state index contributed by atoms with van der Waals surface area (Å²) in [5.41, 5.74) is 3.95. The van der Waals surface area contributed by atoms with Crippen LogP contribution in [0.4, 0.5) is 0 Å². The zero-order valence-electron chi connectivity index (χ0n) is 23.9. The summed E-state index contributed by atoms with van der Waals surface area (Å²) >= 11 is 0. The van der Waals surface area contributed by atoms with Crippen molar-refractivity contribution in [2.24, 2.45) is 5.92 Å². The topological polar surface area (TPSA) is 97.8 Å². The van der Waals surface area contributed by atoms with Gasteiger partial charge in [-0.2, -0.15) is 0 Å². The van der Waals surface area contributed by atoms with Gasteiger partial charge in [-0.15, -0.1) is 12.4 Å². The van der Waals surface area contributed by atoms with Gasteiger partial charge in [-0.1, -0.05) is 48.5 Å². The molecule has 43 heavy (non-hydrogen) atoms. The predicted molar refractivity (Wildman–Crippen MR) is 167 cm³/mol. The molecule has 5 aliphatic rings. The number of phenolic OH excluding ortho intramolecular Hbond substituents is 1. The first-order chi connectivity index (χ1) is 20.5. The van der Waals surface area contributed by atoms with Crippen molar-refractivity contribution in [3.63, 3.8) is 0 Å². The number of hydrogen-bond donors (Lipinski definition) is 4. The SMILES string of the molecule is Cl.O=C(N[C@H]1CC[C@@]2(O)[C@H]3Cc4ccc(O)c5c4[C@@]2(CCN3CC2CC2)[C@H]1O5)c1cccc2cc(-c3ccccc3)[nH]c12. The number of ether oxygens (including phenoxy) is 1. The Bertz CT molecular complexity index is 1750. The standard InChI is InChI=1S/C35H35N3O4.ClH/c39-27-12-11-22-18-28-35(41)14-13-25(32-34(35,29(22)31(27)42-32)15-16-38(28)19-20-9-10-20)37-33(40)24-8-4-7-23-17-26(36-30(23)24)21-5-2-1-3-6-21;/h1-8,11-12,17,20,25,28,32,36,39,41H,9-10,13-16,18-19H2,(H,37,40);1H/t25-,28+,32-,34-,35+;/m0./s1. The zero-order chi connectivity index (χ0) is 28.2. The third kappa shape index (κ3) is 3.71. The third-order valence-corrected chi connectivity index (χ3v) is 11.1. The van der Waals surface area contributed by atoms with Crippen LogP contribution >= 0.6 is 12.4 Å². The van der Waals surface area contributed by atoms with E-state index in [9.17, 15) is 15.0 Å². The summed E-state index contributed by atoms with van der Waals surface area (Å²) in [6.07, 6.45) is 4.82. The molecule has 4 N–H and O–H groups in total. The Balaban J connectivity index is 0.00000278. The van der Waals surface area contributed by atoms with E-state index in [1.54, 1.807) is 6.07 Å². The van der Waals surface area contributed by atoms with Crippen LogP contribution < -0.4 is 10.1 Å². The van der Waals surface area contributed by atoms with E-state index in [1.807, 2.05) is 42.5 Å². The number of aliphatic hydroxyl groups is 1. The fourth-order valence-corrected chi connectivity index (χ4v) is 8.99. The highest BCUT2D eigenvalue weighted by Gasteiger charge is 2.73. The Kier molecular flexibility index (Phi) is 5.97. The van der Waals surface area contributed by atoms with Crippen LogP contribution in [0.3, 0.4) is 0 Å². The second kappa shape index (κ2) is 9.49. The number of rotatable bonds is 5. The number of hydrogen-bond acceptors (Lipinski definition) is 5. The van der Waals surface area contributed by atoms with Crippen LogP contribution in [-0.2, 0) is 11.8 Å². The average Bonchev–Trinajstić information content (AvgIpc) is 3.58. The third-order valence-electron chi connectivity index (χ3n) is 11.1. The maximum Gasteiger partial charge on any atom is 0.253 e. The number of amides is 1. The van der Waals surface area contributed by atoms with Gasteiger partial charge in [0.15, 0.2) is 11.5 Å². The van der Waals surface area contributed by atoms with Crippen molar-refractivity contribution in [2.45, 2.75) is 67.7 Å². The lowest BCUT2D eigenvalue weighted by Gasteiger charge is -2.64. The number of likely N-dealkylation sites (tertiary alicyclic amines) is 1. The van der Waals surface area contributed by atoms with Gasteiger partial charge in [-0.3, -0.25) is 9.69 Å². The van der Waals surface area contributed by atoms with Gasteiger partial charge in [0.05, 0.1) is 28.1 Å². The van der Waals surface area contributed by atoms with Gasteiger partial charge in [0.25, 0.3) is 5.91 Å². The van der Waals surface area contributed by atoms with E-state index in [2.05, 4.69) is 33.4 Å². The number of aromatic nitrogens is 1. The Labute approximate surface area is 256 Å². The summed E-state index contributed by atoms with van der Waals surface area (Å²) in [6, 6.07) is 21.5. The molecule has 0 unspecified atom stereocenters. The molecule has 2 bridgehead atoms. The molecular formula is C35H36ClN3O4. The van der Waals surface area contributed by atoms with Crippen LogP contribution in [0.25, 0.3) is 22.2 Å².